The fourth-order valence-electron chi connectivity index (χ4n) is 2.02. The summed E-state index contributed by atoms with van der Waals surface area (Å²) in [4.78, 5) is 4.50. The van der Waals surface area contributed by atoms with E-state index in [0.29, 0.717) is 17.9 Å². The number of guanidine groups is 1. The molecule has 0 aliphatic heterocycles. The molecule has 0 saturated heterocycles. The monoisotopic (exact) mass is 331 g/mol. The summed E-state index contributed by atoms with van der Waals surface area (Å²) in [5.74, 6) is 0.337. The van der Waals surface area contributed by atoms with Crippen molar-refractivity contribution in [2.45, 2.75) is 18.2 Å². The Hall–Kier alpha value is -2.34. The van der Waals surface area contributed by atoms with Crippen LogP contribution in [0.4, 0.5) is 5.69 Å². The number of aliphatic imine (C=N–C) groups is 1. The first-order valence-corrected chi connectivity index (χ1v) is 9.04. The van der Waals surface area contributed by atoms with E-state index in [9.17, 15) is 8.42 Å². The summed E-state index contributed by atoms with van der Waals surface area (Å²) in [7, 11) is -3.25. The van der Waals surface area contributed by atoms with Crippen molar-refractivity contribution in [2.24, 2.45) is 10.7 Å². The minimum absolute atomic E-state index is 0.0539. The number of sulfone groups is 1. The summed E-state index contributed by atoms with van der Waals surface area (Å²) in [6, 6.07) is 16.2. The van der Waals surface area contributed by atoms with E-state index in [4.69, 9.17) is 5.73 Å². The lowest BCUT2D eigenvalue weighted by Gasteiger charge is -2.06. The van der Waals surface area contributed by atoms with Crippen LogP contribution in [0.15, 0.2) is 64.5 Å². The van der Waals surface area contributed by atoms with Crippen molar-refractivity contribution in [1.82, 2.24) is 0 Å². The molecule has 23 heavy (non-hydrogen) atoms. The summed E-state index contributed by atoms with van der Waals surface area (Å²) in [5.41, 5.74) is 7.81. The molecule has 122 valence electrons. The maximum Gasteiger partial charge on any atom is 0.193 e. The number of hydrogen-bond donors (Lipinski definition) is 2. The molecule has 0 aliphatic rings. The van der Waals surface area contributed by atoms with E-state index in [1.54, 1.807) is 30.3 Å². The van der Waals surface area contributed by atoms with E-state index in [1.807, 2.05) is 31.2 Å². The molecule has 0 spiro atoms. The van der Waals surface area contributed by atoms with Gasteiger partial charge in [0.25, 0.3) is 0 Å². The van der Waals surface area contributed by atoms with Crippen LogP contribution in [-0.2, 0) is 9.84 Å². The lowest BCUT2D eigenvalue weighted by Crippen LogP contribution is -2.23. The fourth-order valence-corrected chi connectivity index (χ4v) is 3.34. The van der Waals surface area contributed by atoms with Gasteiger partial charge in [-0.15, -0.1) is 0 Å². The first-order chi connectivity index (χ1) is 11.0. The van der Waals surface area contributed by atoms with Crippen LogP contribution in [0.2, 0.25) is 0 Å². The SMILES string of the molecule is Cc1ccc(NC(N)=NCCCS(=O)(=O)c2ccccc2)cc1. The molecule has 2 aromatic carbocycles. The van der Waals surface area contributed by atoms with Crippen LogP contribution in [0, 0.1) is 6.92 Å². The lowest BCUT2D eigenvalue weighted by molar-refractivity contribution is 0.593. The van der Waals surface area contributed by atoms with Gasteiger partial charge in [0.15, 0.2) is 15.8 Å². The van der Waals surface area contributed by atoms with Gasteiger partial charge < -0.3 is 11.1 Å². The fraction of sp³-hybridized carbons (Fsp3) is 0.235. The number of rotatable bonds is 6. The third-order valence-electron chi connectivity index (χ3n) is 3.28. The first kappa shape index (κ1) is 17.0. The van der Waals surface area contributed by atoms with Gasteiger partial charge in [-0.3, -0.25) is 4.99 Å². The van der Waals surface area contributed by atoms with Gasteiger partial charge in [-0.1, -0.05) is 35.9 Å². The van der Waals surface area contributed by atoms with E-state index >= 15 is 0 Å². The minimum atomic E-state index is -3.25. The highest BCUT2D eigenvalue weighted by Crippen LogP contribution is 2.11. The van der Waals surface area contributed by atoms with E-state index < -0.39 is 9.84 Å². The molecule has 0 fully saturated rings. The number of nitrogens with two attached hydrogens (primary N) is 1. The molecular weight excluding hydrogens is 310 g/mol. The molecular formula is C17H21N3O2S. The van der Waals surface area contributed by atoms with Gasteiger partial charge in [0.1, 0.15) is 0 Å². The zero-order valence-electron chi connectivity index (χ0n) is 13.1. The normalized spacial score (nSPS) is 12.1. The van der Waals surface area contributed by atoms with E-state index in [0.717, 1.165) is 11.3 Å². The third kappa shape index (κ3) is 5.41. The van der Waals surface area contributed by atoms with Gasteiger partial charge in [0.05, 0.1) is 10.6 Å². The van der Waals surface area contributed by atoms with E-state index in [-0.39, 0.29) is 11.7 Å². The van der Waals surface area contributed by atoms with Crippen molar-refractivity contribution in [2.75, 3.05) is 17.6 Å². The molecule has 0 atom stereocenters. The van der Waals surface area contributed by atoms with Gasteiger partial charge in [0, 0.05) is 12.2 Å². The molecule has 0 heterocycles. The summed E-state index contributed by atoms with van der Waals surface area (Å²) < 4.78 is 24.2. The average Bonchev–Trinajstić information content (AvgIpc) is 2.55. The molecule has 5 nitrogen and oxygen atoms in total. The predicted molar refractivity (Wildman–Crippen MR) is 94.4 cm³/mol. The molecule has 0 saturated carbocycles. The van der Waals surface area contributed by atoms with Crippen LogP contribution in [0.5, 0.6) is 0 Å². The molecule has 0 aromatic heterocycles. The standard InChI is InChI=1S/C17H21N3O2S/c1-14-8-10-15(11-9-14)20-17(18)19-12-5-13-23(21,22)16-6-3-2-4-7-16/h2-4,6-11H,5,12-13H2,1H3,(H3,18,19,20). The van der Waals surface area contributed by atoms with Gasteiger partial charge in [-0.2, -0.15) is 0 Å². The Bertz CT molecular complexity index is 754. The van der Waals surface area contributed by atoms with Crippen LogP contribution < -0.4 is 11.1 Å². The van der Waals surface area contributed by atoms with Crippen molar-refractivity contribution < 1.29 is 8.42 Å². The van der Waals surface area contributed by atoms with Crippen LogP contribution >= 0.6 is 0 Å². The molecule has 2 rings (SSSR count). The topological polar surface area (TPSA) is 84.5 Å². The van der Waals surface area contributed by atoms with E-state index in [2.05, 4.69) is 10.3 Å². The highest BCUT2D eigenvalue weighted by Gasteiger charge is 2.12. The Balaban J connectivity index is 1.83. The Morgan fingerprint density at radius 2 is 1.74 bits per heavy atom. The zero-order chi connectivity index (χ0) is 16.7. The third-order valence-corrected chi connectivity index (χ3v) is 5.10. The van der Waals surface area contributed by atoms with Gasteiger partial charge in [-0.25, -0.2) is 8.42 Å². The summed E-state index contributed by atoms with van der Waals surface area (Å²) in [6.07, 6.45) is 0.424. The number of nitrogens with one attached hydrogen (secondary N) is 1. The van der Waals surface area contributed by atoms with Gasteiger partial charge in [-0.05, 0) is 37.6 Å². The number of hydrogen-bond acceptors (Lipinski definition) is 3. The molecule has 0 amide bonds. The van der Waals surface area contributed by atoms with Crippen LogP contribution in [0.3, 0.4) is 0 Å². The molecule has 0 radical (unpaired) electrons. The van der Waals surface area contributed by atoms with Crippen LogP contribution in [0.1, 0.15) is 12.0 Å². The molecule has 0 bridgehead atoms. The molecule has 6 heteroatoms. The molecule has 2 aromatic rings. The Morgan fingerprint density at radius 3 is 2.39 bits per heavy atom. The lowest BCUT2D eigenvalue weighted by atomic mass is 10.2. The van der Waals surface area contributed by atoms with Crippen molar-refractivity contribution >= 4 is 21.5 Å². The minimum Gasteiger partial charge on any atom is -0.370 e. The van der Waals surface area contributed by atoms with Crippen molar-refractivity contribution in [3.63, 3.8) is 0 Å². The highest BCUT2D eigenvalue weighted by atomic mass is 32.2. The molecule has 0 unspecified atom stereocenters. The van der Waals surface area contributed by atoms with Crippen LogP contribution in [-0.4, -0.2) is 26.7 Å². The number of anilines is 1. The smallest absolute Gasteiger partial charge is 0.193 e. The van der Waals surface area contributed by atoms with Crippen molar-refractivity contribution in [3.8, 4) is 0 Å². The Labute approximate surface area is 137 Å². The molecule has 0 aliphatic carbocycles. The highest BCUT2D eigenvalue weighted by molar-refractivity contribution is 7.91. The second kappa shape index (κ2) is 7.78. The maximum absolute atomic E-state index is 12.1. The Kier molecular flexibility index (Phi) is 5.76. The second-order valence-electron chi connectivity index (χ2n) is 5.24. The summed E-state index contributed by atoms with van der Waals surface area (Å²) in [6.45, 7) is 2.37. The van der Waals surface area contributed by atoms with Crippen molar-refractivity contribution in [1.29, 1.82) is 0 Å². The maximum atomic E-state index is 12.1. The predicted octanol–water partition coefficient (Wildman–Crippen LogP) is 2.59. The summed E-state index contributed by atoms with van der Waals surface area (Å²) >= 11 is 0. The number of aryl methyl sites for hydroxylation is 1. The zero-order valence-corrected chi connectivity index (χ0v) is 13.9. The average molecular weight is 331 g/mol. The first-order valence-electron chi connectivity index (χ1n) is 7.39. The van der Waals surface area contributed by atoms with E-state index in [1.165, 1.54) is 0 Å². The van der Waals surface area contributed by atoms with Gasteiger partial charge >= 0.3 is 0 Å². The number of nitrogens with zero attached hydrogens (tertiary/aromatic N) is 1. The largest absolute Gasteiger partial charge is 0.370 e. The Morgan fingerprint density at radius 1 is 1.09 bits per heavy atom. The molecule has 3 N–H and O–H groups in total. The van der Waals surface area contributed by atoms with Gasteiger partial charge in [0.2, 0.25) is 0 Å². The second-order valence-corrected chi connectivity index (χ2v) is 7.35. The number of benzene rings is 2. The van der Waals surface area contributed by atoms with Crippen molar-refractivity contribution in [3.05, 3.63) is 60.2 Å². The summed E-state index contributed by atoms with van der Waals surface area (Å²) in [5, 5.41) is 2.98. The van der Waals surface area contributed by atoms with Crippen LogP contribution in [0.25, 0.3) is 0 Å². The quantitative estimate of drug-likeness (QED) is 0.484.